The second kappa shape index (κ2) is 4.93. The summed E-state index contributed by atoms with van der Waals surface area (Å²) in [6.45, 7) is 0. The normalized spacial score (nSPS) is 21.2. The van der Waals surface area contributed by atoms with Crippen LogP contribution >= 0.6 is 46.4 Å². The van der Waals surface area contributed by atoms with Crippen molar-refractivity contribution < 1.29 is 45.8 Å². The number of halogens is 10. The summed E-state index contributed by atoms with van der Waals surface area (Å²) in [4.78, 5) is 0. The van der Waals surface area contributed by atoms with Crippen LogP contribution in [0.15, 0.2) is 0 Å². The zero-order valence-electron chi connectivity index (χ0n) is 6.49. The van der Waals surface area contributed by atoms with Crippen LogP contribution in [-0.2, 0) is 19.5 Å². The molecule has 0 N–H and O–H groups in total. The molecule has 0 aromatic carbocycles. The second-order valence-corrected chi connectivity index (χ2v) is 4.14. The smallest absolute Gasteiger partial charge is 0.212 e. The van der Waals surface area contributed by atoms with Crippen LogP contribution in [0.4, 0.5) is 26.3 Å². The fourth-order valence-corrected chi connectivity index (χ4v) is 0.951. The molecule has 0 nitrogen and oxygen atoms in total. The van der Waals surface area contributed by atoms with E-state index in [1.165, 1.54) is 0 Å². The molecule has 0 saturated carbocycles. The predicted octanol–water partition coefficient (Wildman–Crippen LogP) is 4.46. The Hall–Kier alpha value is 1.36. The maximum Gasteiger partial charge on any atom is 0.373 e. The zero-order chi connectivity index (χ0) is 12.0. The van der Waals surface area contributed by atoms with Gasteiger partial charge >= 0.3 is 21.0 Å². The molecule has 0 heterocycles. The van der Waals surface area contributed by atoms with Crippen LogP contribution in [0.5, 0.6) is 0 Å². The van der Waals surface area contributed by atoms with Crippen LogP contribution in [0.3, 0.4) is 0 Å². The van der Waals surface area contributed by atoms with E-state index >= 15 is 0 Å². The third-order valence-corrected chi connectivity index (χ3v) is 2.91. The van der Waals surface area contributed by atoms with Gasteiger partial charge in [0, 0.05) is 19.5 Å². The quantitative estimate of drug-likeness (QED) is 0.392. The topological polar surface area (TPSA) is 0 Å². The molecular weight excluding hydrogens is 369 g/mol. The van der Waals surface area contributed by atoms with Crippen molar-refractivity contribution in [3.8, 4) is 0 Å². The Kier molecular flexibility index (Phi) is 6.15. The van der Waals surface area contributed by atoms with Gasteiger partial charge in [0.1, 0.15) is 0 Å². The second-order valence-electron chi connectivity index (χ2n) is 2.14. The van der Waals surface area contributed by atoms with E-state index in [-0.39, 0.29) is 19.5 Å². The molecule has 0 aliphatic carbocycles. The van der Waals surface area contributed by atoms with E-state index in [0.717, 1.165) is 0 Å². The molecule has 0 aliphatic rings. The summed E-state index contributed by atoms with van der Waals surface area (Å²) < 4.78 is 73.6. The van der Waals surface area contributed by atoms with Crippen LogP contribution in [0.1, 0.15) is 0 Å². The monoisotopic (exact) mass is 366 g/mol. The van der Waals surface area contributed by atoms with Crippen molar-refractivity contribution in [1.29, 1.82) is 0 Å². The first kappa shape index (κ1) is 18.7. The largest absolute Gasteiger partial charge is 0.373 e. The van der Waals surface area contributed by atoms with Crippen molar-refractivity contribution in [2.75, 3.05) is 0 Å². The predicted molar refractivity (Wildman–Crippen MR) is 41.0 cm³/mol. The molecule has 2 atom stereocenters. The maximum absolute atomic E-state index is 12.7. The minimum Gasteiger partial charge on any atom is -0.212 e. The van der Waals surface area contributed by atoms with Crippen molar-refractivity contribution in [1.82, 2.24) is 0 Å². The minimum atomic E-state index is -5.16. The van der Waals surface area contributed by atoms with Gasteiger partial charge in [0.2, 0.25) is 0 Å². The van der Waals surface area contributed by atoms with E-state index in [9.17, 15) is 26.3 Å². The van der Waals surface area contributed by atoms with Crippen LogP contribution < -0.4 is 0 Å². The van der Waals surface area contributed by atoms with Crippen molar-refractivity contribution in [3.63, 3.8) is 0 Å². The first-order valence-electron chi connectivity index (χ1n) is 2.64. The molecule has 0 fully saturated rings. The van der Waals surface area contributed by atoms with E-state index in [1.807, 2.05) is 0 Å². The van der Waals surface area contributed by atoms with Crippen molar-refractivity contribution in [2.24, 2.45) is 0 Å². The number of alkyl halides is 10. The van der Waals surface area contributed by atoms with E-state index < -0.39 is 21.0 Å². The maximum atomic E-state index is 12.7. The molecule has 0 amide bonds. The van der Waals surface area contributed by atoms with Gasteiger partial charge < -0.3 is 0 Å². The zero-order valence-corrected chi connectivity index (χ0v) is 12.5. The molecule has 15 heavy (non-hydrogen) atoms. The van der Waals surface area contributed by atoms with Gasteiger partial charge in [-0.2, -0.15) is 17.6 Å². The number of rotatable bonds is 3. The summed E-state index contributed by atoms with van der Waals surface area (Å²) in [5, 5.41) is -20.4. The van der Waals surface area contributed by atoms with Crippen LogP contribution in [0.25, 0.3) is 0 Å². The van der Waals surface area contributed by atoms with Gasteiger partial charge in [-0.15, -0.1) is 0 Å². The molecule has 0 radical (unpaired) electrons. The van der Waals surface area contributed by atoms with Gasteiger partial charge in [-0.3, -0.25) is 0 Å². The summed E-state index contributed by atoms with van der Waals surface area (Å²) in [6.07, 6.45) is 0. The SMILES string of the molecule is FC(F)(Cl)C(F)(Cl)C(F)(Cl)C(F)(F)Cl.[Zn]. The van der Waals surface area contributed by atoms with Crippen LogP contribution in [0, 0.1) is 0 Å². The van der Waals surface area contributed by atoms with Gasteiger partial charge in [-0.1, -0.05) is 23.2 Å². The number of hydrogen-bond donors (Lipinski definition) is 0. The Morgan fingerprint density at radius 2 is 0.667 bits per heavy atom. The van der Waals surface area contributed by atoms with Gasteiger partial charge in [0.15, 0.2) is 0 Å². The Bertz CT molecular complexity index is 196. The summed E-state index contributed by atoms with van der Waals surface area (Å²) in [5.41, 5.74) is 0. The van der Waals surface area contributed by atoms with E-state index in [4.69, 9.17) is 0 Å². The summed E-state index contributed by atoms with van der Waals surface area (Å²) in [5.74, 6) is 0. The first-order valence-corrected chi connectivity index (χ1v) is 4.15. The van der Waals surface area contributed by atoms with Crippen molar-refractivity contribution in [2.45, 2.75) is 21.0 Å². The molecule has 11 heteroatoms. The molecular formula is C4Cl4F6Zn. The molecule has 0 saturated heterocycles. The Morgan fingerprint density at radius 3 is 0.733 bits per heavy atom. The summed E-state index contributed by atoms with van der Waals surface area (Å²) in [7, 11) is 0. The molecule has 0 aromatic rings. The van der Waals surface area contributed by atoms with Crippen LogP contribution in [-0.4, -0.2) is 21.0 Å². The van der Waals surface area contributed by atoms with Gasteiger partial charge in [0.05, 0.1) is 0 Å². The fraction of sp³-hybridized carbons (Fsp3) is 1.00. The molecule has 0 spiro atoms. The van der Waals surface area contributed by atoms with Crippen molar-refractivity contribution in [3.05, 3.63) is 0 Å². The molecule has 2 unspecified atom stereocenters. The van der Waals surface area contributed by atoms with E-state index in [0.29, 0.717) is 0 Å². The first-order chi connectivity index (χ1) is 5.75. The van der Waals surface area contributed by atoms with Crippen LogP contribution in [0.2, 0.25) is 0 Å². The molecule has 88 valence electrons. The van der Waals surface area contributed by atoms with Gasteiger partial charge in [-0.25, -0.2) is 8.78 Å². The van der Waals surface area contributed by atoms with Gasteiger partial charge in [-0.05, 0) is 23.2 Å². The Morgan fingerprint density at radius 1 is 0.533 bits per heavy atom. The average molecular weight is 369 g/mol. The van der Waals surface area contributed by atoms with E-state index in [2.05, 4.69) is 46.4 Å². The Labute approximate surface area is 113 Å². The average Bonchev–Trinajstić information content (AvgIpc) is 1.81. The minimum absolute atomic E-state index is 0. The third-order valence-electron chi connectivity index (χ3n) is 1.11. The summed E-state index contributed by atoms with van der Waals surface area (Å²) >= 11 is 16.3. The van der Waals surface area contributed by atoms with Crippen molar-refractivity contribution >= 4 is 46.4 Å². The molecule has 0 aromatic heterocycles. The third kappa shape index (κ3) is 3.41. The molecule has 0 bridgehead atoms. The molecule has 0 rings (SSSR count). The van der Waals surface area contributed by atoms with E-state index in [1.54, 1.807) is 0 Å². The number of hydrogen-bond acceptors (Lipinski definition) is 0. The fourth-order valence-electron chi connectivity index (χ4n) is 0.356. The molecule has 0 aliphatic heterocycles. The Balaban J connectivity index is 0. The van der Waals surface area contributed by atoms with Gasteiger partial charge in [0.25, 0.3) is 0 Å². The standard InChI is InChI=1S/C4Cl4F6.Zn/c5-1(9,3(7,11)12)2(6,10)4(8,13)14;. The summed E-state index contributed by atoms with van der Waals surface area (Å²) in [6, 6.07) is 0.